The van der Waals surface area contributed by atoms with Crippen LogP contribution in [0.4, 0.5) is 23.2 Å². The van der Waals surface area contributed by atoms with Crippen LogP contribution in [0.15, 0.2) is 59.9 Å². The van der Waals surface area contributed by atoms with Gasteiger partial charge in [0.25, 0.3) is 5.91 Å². The lowest BCUT2D eigenvalue weighted by atomic mass is 9.82. The van der Waals surface area contributed by atoms with E-state index in [0.717, 1.165) is 35.2 Å². The van der Waals surface area contributed by atoms with Crippen molar-refractivity contribution >= 4 is 17.4 Å². The van der Waals surface area contributed by atoms with Gasteiger partial charge in [-0.3, -0.25) is 14.5 Å². The van der Waals surface area contributed by atoms with E-state index >= 15 is 0 Å². The Balaban J connectivity index is 2.21. The fourth-order valence-electron chi connectivity index (χ4n) is 3.30. The third kappa shape index (κ3) is 3.81. The molecule has 3 rings (SSSR count). The molecule has 1 heterocycles. The minimum Gasteiger partial charge on any atom is -0.503 e. The number of carbonyl (C=O) groups is 2. The summed E-state index contributed by atoms with van der Waals surface area (Å²) in [6.45, 7) is 4.78. The van der Waals surface area contributed by atoms with E-state index in [-0.39, 0.29) is 16.8 Å². The number of Topliss-reactive ketones (excluding diaryl/α,β-unsaturated/α-hetero) is 1. The maximum Gasteiger partial charge on any atom is 0.416 e. The molecular formula is C22H19F4NO3. The molecule has 30 heavy (non-hydrogen) atoms. The summed E-state index contributed by atoms with van der Waals surface area (Å²) >= 11 is 0. The number of amides is 1. The Morgan fingerprint density at radius 2 is 1.63 bits per heavy atom. The Bertz CT molecular complexity index is 1030. The molecular weight excluding hydrogens is 402 g/mol. The number of anilines is 1. The molecule has 1 aliphatic heterocycles. The van der Waals surface area contributed by atoms with Crippen LogP contribution in [0.25, 0.3) is 0 Å². The second kappa shape index (κ2) is 7.27. The van der Waals surface area contributed by atoms with Gasteiger partial charge in [-0.25, -0.2) is 4.39 Å². The predicted molar refractivity (Wildman–Crippen MR) is 102 cm³/mol. The molecule has 0 radical (unpaired) electrons. The average Bonchev–Trinajstić information content (AvgIpc) is 2.91. The quantitative estimate of drug-likeness (QED) is 0.679. The smallest absolute Gasteiger partial charge is 0.416 e. The Hall–Kier alpha value is -3.16. The fourth-order valence-corrected chi connectivity index (χ4v) is 3.30. The number of hydrogen-bond donors (Lipinski definition) is 1. The van der Waals surface area contributed by atoms with Gasteiger partial charge in [-0.2, -0.15) is 13.2 Å². The van der Waals surface area contributed by atoms with Crippen molar-refractivity contribution in [3.05, 3.63) is 76.8 Å². The van der Waals surface area contributed by atoms with Crippen LogP contribution in [-0.4, -0.2) is 16.8 Å². The van der Waals surface area contributed by atoms with E-state index in [1.54, 1.807) is 20.8 Å². The summed E-state index contributed by atoms with van der Waals surface area (Å²) in [6, 6.07) is 7.70. The van der Waals surface area contributed by atoms with Gasteiger partial charge in [0.15, 0.2) is 11.5 Å². The molecule has 4 nitrogen and oxygen atoms in total. The van der Waals surface area contributed by atoms with Crippen LogP contribution in [0.2, 0.25) is 0 Å². The normalized spacial score (nSPS) is 17.6. The molecule has 0 aliphatic carbocycles. The molecule has 0 spiro atoms. The first-order chi connectivity index (χ1) is 13.8. The summed E-state index contributed by atoms with van der Waals surface area (Å²) in [4.78, 5) is 26.8. The Kier molecular flexibility index (Phi) is 5.22. The highest BCUT2D eigenvalue weighted by Crippen LogP contribution is 2.44. The number of aliphatic hydroxyl groups is 1. The topological polar surface area (TPSA) is 57.6 Å². The molecule has 0 fully saturated rings. The van der Waals surface area contributed by atoms with Gasteiger partial charge in [-0.15, -0.1) is 0 Å². The zero-order valence-corrected chi connectivity index (χ0v) is 16.4. The lowest BCUT2D eigenvalue weighted by Gasteiger charge is -2.29. The third-order valence-corrected chi connectivity index (χ3v) is 4.77. The average molecular weight is 421 g/mol. The van der Waals surface area contributed by atoms with Gasteiger partial charge >= 0.3 is 6.18 Å². The van der Waals surface area contributed by atoms with E-state index in [4.69, 9.17) is 0 Å². The highest BCUT2D eigenvalue weighted by Gasteiger charge is 2.47. The summed E-state index contributed by atoms with van der Waals surface area (Å²) in [7, 11) is 0. The summed E-state index contributed by atoms with van der Waals surface area (Å²) < 4.78 is 53.0. The molecule has 0 aromatic heterocycles. The van der Waals surface area contributed by atoms with E-state index in [1.165, 1.54) is 18.2 Å². The summed E-state index contributed by atoms with van der Waals surface area (Å²) in [5, 5.41) is 10.5. The van der Waals surface area contributed by atoms with Crippen molar-refractivity contribution in [2.45, 2.75) is 33.0 Å². The van der Waals surface area contributed by atoms with E-state index in [1.807, 2.05) is 0 Å². The van der Waals surface area contributed by atoms with Crippen molar-refractivity contribution in [3.8, 4) is 0 Å². The first kappa shape index (κ1) is 21.5. The highest BCUT2D eigenvalue weighted by molar-refractivity contribution is 6.17. The molecule has 0 saturated carbocycles. The van der Waals surface area contributed by atoms with Crippen molar-refractivity contribution in [1.29, 1.82) is 0 Å². The molecule has 158 valence electrons. The first-order valence-corrected chi connectivity index (χ1v) is 9.06. The van der Waals surface area contributed by atoms with Crippen LogP contribution < -0.4 is 4.90 Å². The van der Waals surface area contributed by atoms with Gasteiger partial charge in [0.2, 0.25) is 0 Å². The van der Waals surface area contributed by atoms with Crippen LogP contribution in [0.5, 0.6) is 0 Å². The van der Waals surface area contributed by atoms with E-state index in [2.05, 4.69) is 0 Å². The van der Waals surface area contributed by atoms with Crippen molar-refractivity contribution in [2.75, 3.05) is 4.90 Å². The van der Waals surface area contributed by atoms with Crippen molar-refractivity contribution in [3.63, 3.8) is 0 Å². The van der Waals surface area contributed by atoms with Gasteiger partial charge in [-0.1, -0.05) is 39.0 Å². The number of hydrogen-bond acceptors (Lipinski definition) is 3. The monoisotopic (exact) mass is 421 g/mol. The van der Waals surface area contributed by atoms with Crippen molar-refractivity contribution in [2.24, 2.45) is 5.41 Å². The number of alkyl halides is 3. The molecule has 2 aromatic rings. The molecule has 1 amide bonds. The number of benzene rings is 2. The second-order valence-corrected chi connectivity index (χ2v) is 8.02. The summed E-state index contributed by atoms with van der Waals surface area (Å²) in [5.41, 5.74) is -2.07. The lowest BCUT2D eigenvalue weighted by molar-refractivity contribution is -0.137. The van der Waals surface area contributed by atoms with Gasteiger partial charge in [-0.05, 0) is 35.9 Å². The summed E-state index contributed by atoms with van der Waals surface area (Å²) in [5.74, 6) is -2.94. The second-order valence-electron chi connectivity index (χ2n) is 8.02. The Labute approximate surface area is 170 Å². The number of carbonyl (C=O) groups excluding carboxylic acids is 2. The van der Waals surface area contributed by atoms with Gasteiger partial charge in [0, 0.05) is 11.1 Å². The predicted octanol–water partition coefficient (Wildman–Crippen LogP) is 5.36. The molecule has 0 bridgehead atoms. The van der Waals surface area contributed by atoms with Crippen LogP contribution in [0.1, 0.15) is 37.9 Å². The molecule has 1 unspecified atom stereocenters. The zero-order chi connectivity index (χ0) is 22.4. The molecule has 1 N–H and O–H groups in total. The number of nitrogens with zero attached hydrogens (tertiary/aromatic N) is 1. The third-order valence-electron chi connectivity index (χ3n) is 4.77. The number of aliphatic hydroxyl groups excluding tert-OH is 1. The Morgan fingerprint density at radius 1 is 1.03 bits per heavy atom. The molecule has 1 aliphatic rings. The lowest BCUT2D eigenvalue weighted by Crippen LogP contribution is -2.33. The van der Waals surface area contributed by atoms with Gasteiger partial charge in [0.05, 0.1) is 17.2 Å². The molecule has 2 aromatic carbocycles. The van der Waals surface area contributed by atoms with E-state index < -0.39 is 46.5 Å². The highest BCUT2D eigenvalue weighted by atomic mass is 19.4. The van der Waals surface area contributed by atoms with Crippen molar-refractivity contribution < 1.29 is 32.3 Å². The van der Waals surface area contributed by atoms with Crippen molar-refractivity contribution in [1.82, 2.24) is 0 Å². The largest absolute Gasteiger partial charge is 0.503 e. The molecule has 8 heteroatoms. The standard InChI is InChI=1S/C22H19F4NO3/c1-21(2,3)19(29)16-17(12-7-9-14(23)10-8-12)27(20(30)18(16)28)15-6-4-5-13(11-15)22(24,25)26/h4-11,17,28H,1-3H3. The number of halogens is 4. The minimum absolute atomic E-state index is 0.146. The van der Waals surface area contributed by atoms with Crippen LogP contribution in [-0.2, 0) is 15.8 Å². The van der Waals surface area contributed by atoms with Crippen LogP contribution in [0.3, 0.4) is 0 Å². The van der Waals surface area contributed by atoms with E-state index in [0.29, 0.717) is 0 Å². The fraction of sp³-hybridized carbons (Fsp3) is 0.273. The summed E-state index contributed by atoms with van der Waals surface area (Å²) in [6.07, 6.45) is -4.65. The molecule has 1 atom stereocenters. The number of ketones is 1. The number of rotatable bonds is 3. The zero-order valence-electron chi connectivity index (χ0n) is 16.4. The molecule has 0 saturated heterocycles. The maximum atomic E-state index is 13.4. The van der Waals surface area contributed by atoms with Gasteiger partial charge in [0.1, 0.15) is 5.82 Å². The maximum absolute atomic E-state index is 13.4. The Morgan fingerprint density at radius 3 is 2.17 bits per heavy atom. The van der Waals surface area contributed by atoms with Crippen LogP contribution >= 0.6 is 0 Å². The SMILES string of the molecule is CC(C)(C)C(=O)C1=C(O)C(=O)N(c2cccc(C(F)(F)F)c2)C1c1ccc(F)cc1. The van der Waals surface area contributed by atoms with Crippen LogP contribution in [0, 0.1) is 11.2 Å². The minimum atomic E-state index is -4.65. The first-order valence-electron chi connectivity index (χ1n) is 9.06. The van der Waals surface area contributed by atoms with Gasteiger partial charge < -0.3 is 5.11 Å². The van der Waals surface area contributed by atoms with E-state index in [9.17, 15) is 32.3 Å².